The smallest absolute Gasteiger partial charge is 0.433 e. The fourth-order valence-corrected chi connectivity index (χ4v) is 3.71. The third-order valence-electron chi connectivity index (χ3n) is 4.79. The van der Waals surface area contributed by atoms with Crippen LogP contribution in [0.5, 0.6) is 0 Å². The molecule has 28 heavy (non-hydrogen) atoms. The molecule has 1 aromatic rings. The van der Waals surface area contributed by atoms with Gasteiger partial charge < -0.3 is 33.3 Å². The van der Waals surface area contributed by atoms with Crippen molar-refractivity contribution in [2.24, 2.45) is 0 Å². The number of ether oxygens (including phenoxy) is 5. The molecule has 0 bridgehead atoms. The van der Waals surface area contributed by atoms with Crippen molar-refractivity contribution in [1.29, 1.82) is 0 Å². The van der Waals surface area contributed by atoms with E-state index in [0.717, 1.165) is 6.21 Å². The molecule has 11 heteroatoms. The summed E-state index contributed by atoms with van der Waals surface area (Å²) in [5.74, 6) is -2.11. The van der Waals surface area contributed by atoms with Crippen LogP contribution in [0.4, 0.5) is 5.88 Å². The molecule has 4 rings (SSSR count). The summed E-state index contributed by atoms with van der Waals surface area (Å²) in [7, 11) is 0. The fourth-order valence-electron chi connectivity index (χ4n) is 3.71. The van der Waals surface area contributed by atoms with E-state index < -0.39 is 53.0 Å². The van der Waals surface area contributed by atoms with Gasteiger partial charge in [0.25, 0.3) is 0 Å². The number of hydroxylamine groups is 1. The van der Waals surface area contributed by atoms with Crippen LogP contribution in [0.2, 0.25) is 0 Å². The second-order valence-electron chi connectivity index (χ2n) is 7.85. The average Bonchev–Trinajstić information content (AvgIpc) is 3.29. The van der Waals surface area contributed by atoms with Crippen molar-refractivity contribution in [2.45, 2.75) is 69.9 Å². The van der Waals surface area contributed by atoms with E-state index in [1.165, 1.54) is 12.1 Å². The highest BCUT2D eigenvalue weighted by Gasteiger charge is 2.62. The topological polar surface area (TPSA) is 128 Å². The van der Waals surface area contributed by atoms with E-state index in [2.05, 4.69) is 0 Å². The lowest BCUT2D eigenvalue weighted by molar-refractivity contribution is -0.517. The first-order valence-corrected chi connectivity index (χ1v) is 8.92. The number of nitro groups is 1. The van der Waals surface area contributed by atoms with Crippen molar-refractivity contribution in [2.75, 3.05) is 6.61 Å². The van der Waals surface area contributed by atoms with Crippen LogP contribution >= 0.6 is 0 Å². The number of hydrogen-bond donors (Lipinski definition) is 0. The molecule has 3 fully saturated rings. The van der Waals surface area contributed by atoms with Crippen molar-refractivity contribution in [3.05, 3.63) is 33.2 Å². The van der Waals surface area contributed by atoms with Gasteiger partial charge in [0, 0.05) is 0 Å². The van der Waals surface area contributed by atoms with Crippen LogP contribution in [0.25, 0.3) is 0 Å². The van der Waals surface area contributed by atoms with Crippen molar-refractivity contribution >= 4 is 12.1 Å². The van der Waals surface area contributed by atoms with Crippen LogP contribution in [0.15, 0.2) is 16.5 Å². The Bertz CT molecular complexity index is 802. The largest absolute Gasteiger partial charge is 0.623 e. The Morgan fingerprint density at radius 2 is 1.82 bits per heavy atom. The van der Waals surface area contributed by atoms with Crippen LogP contribution in [0.1, 0.15) is 33.5 Å². The maximum atomic E-state index is 13.0. The fraction of sp³-hybridized carbons (Fsp3) is 0.706. The molecule has 1 aromatic heterocycles. The minimum atomic E-state index is -0.908. The highest BCUT2D eigenvalue weighted by atomic mass is 16.8. The van der Waals surface area contributed by atoms with E-state index in [1.54, 1.807) is 27.7 Å². The molecule has 0 radical (unpaired) electrons. The van der Waals surface area contributed by atoms with Gasteiger partial charge in [-0.2, -0.15) is 4.74 Å². The zero-order chi connectivity index (χ0) is 20.3. The second-order valence-corrected chi connectivity index (χ2v) is 7.85. The monoisotopic (exact) mass is 398 g/mol. The maximum absolute atomic E-state index is 13.0. The first kappa shape index (κ1) is 19.3. The first-order valence-electron chi connectivity index (χ1n) is 8.92. The van der Waals surface area contributed by atoms with Crippen molar-refractivity contribution in [3.8, 4) is 0 Å². The van der Waals surface area contributed by atoms with Gasteiger partial charge in [-0.1, -0.05) is 0 Å². The first-order chi connectivity index (χ1) is 13.0. The van der Waals surface area contributed by atoms with Crippen LogP contribution in [0.3, 0.4) is 0 Å². The summed E-state index contributed by atoms with van der Waals surface area (Å²) in [6.07, 6.45) is -1.48. The van der Waals surface area contributed by atoms with Gasteiger partial charge in [0.05, 0.1) is 12.7 Å². The maximum Gasteiger partial charge on any atom is 0.433 e. The molecule has 0 aliphatic carbocycles. The van der Waals surface area contributed by atoms with Gasteiger partial charge in [-0.15, -0.1) is 0 Å². The van der Waals surface area contributed by atoms with E-state index >= 15 is 0 Å². The van der Waals surface area contributed by atoms with Gasteiger partial charge >= 0.3 is 5.88 Å². The molecular weight excluding hydrogens is 376 g/mol. The normalized spacial score (nSPS) is 36.6. The van der Waals surface area contributed by atoms with E-state index in [9.17, 15) is 15.3 Å². The molecule has 3 aliphatic rings. The lowest BCUT2D eigenvalue weighted by Gasteiger charge is -2.27. The van der Waals surface area contributed by atoms with E-state index in [4.69, 9.17) is 28.1 Å². The number of rotatable bonds is 4. The van der Waals surface area contributed by atoms with Crippen LogP contribution in [0, 0.1) is 15.3 Å². The van der Waals surface area contributed by atoms with E-state index in [-0.39, 0.29) is 12.4 Å². The molecule has 0 N–H and O–H groups in total. The predicted octanol–water partition coefficient (Wildman–Crippen LogP) is 1.51. The second kappa shape index (κ2) is 6.49. The third kappa shape index (κ3) is 3.51. The van der Waals surface area contributed by atoms with Crippen molar-refractivity contribution < 1.29 is 37.8 Å². The summed E-state index contributed by atoms with van der Waals surface area (Å²) in [5, 5.41) is 23.8. The zero-order valence-corrected chi connectivity index (χ0v) is 15.9. The Balaban J connectivity index is 1.62. The Morgan fingerprint density at radius 1 is 1.07 bits per heavy atom. The number of hydrogen-bond acceptors (Lipinski definition) is 9. The van der Waals surface area contributed by atoms with Crippen molar-refractivity contribution in [1.82, 2.24) is 0 Å². The molecule has 154 valence electrons. The molecule has 0 spiro atoms. The van der Waals surface area contributed by atoms with Crippen LogP contribution < -0.4 is 0 Å². The molecule has 0 unspecified atom stereocenters. The lowest BCUT2D eigenvalue weighted by Crippen LogP contribution is -2.47. The average molecular weight is 398 g/mol. The summed E-state index contributed by atoms with van der Waals surface area (Å²) in [6, 6.07) is 1.71. The van der Waals surface area contributed by atoms with Gasteiger partial charge in [0.1, 0.15) is 11.0 Å². The van der Waals surface area contributed by atoms with Gasteiger partial charge in [-0.05, 0) is 33.8 Å². The van der Waals surface area contributed by atoms with Crippen LogP contribution in [-0.2, 0) is 23.7 Å². The molecule has 0 saturated carbocycles. The molecule has 4 heterocycles. The SMILES string of the molecule is CC1(C)O[C@H]2O[C@H]([C@H]3COC(C)(C)O3)[C@@H](/[N+]([O-])=C/c3ccc([N+](=O)[O-])o3)[C@H]2O1. The summed E-state index contributed by atoms with van der Waals surface area (Å²) in [4.78, 5) is 10.1. The molecule has 5 atom stereocenters. The quantitative estimate of drug-likeness (QED) is 0.244. The molecular formula is C17H22N2O9. The number of furan rings is 1. The highest BCUT2D eigenvalue weighted by molar-refractivity contribution is 5.72. The highest BCUT2D eigenvalue weighted by Crippen LogP contribution is 2.41. The van der Waals surface area contributed by atoms with E-state index in [0.29, 0.717) is 4.74 Å². The summed E-state index contributed by atoms with van der Waals surface area (Å²) < 4.78 is 34.7. The molecule has 0 aromatic carbocycles. The number of nitrogens with zero attached hydrogens (tertiary/aromatic N) is 2. The summed E-state index contributed by atoms with van der Waals surface area (Å²) in [6.45, 7) is 7.26. The van der Waals surface area contributed by atoms with Gasteiger partial charge in [-0.3, -0.25) is 10.1 Å². The Labute approximate surface area is 160 Å². The predicted molar refractivity (Wildman–Crippen MR) is 91.5 cm³/mol. The van der Waals surface area contributed by atoms with Crippen LogP contribution in [-0.4, -0.2) is 64.7 Å². The Kier molecular flexibility index (Phi) is 4.47. The minimum absolute atomic E-state index is 0.0472. The number of fused-ring (bicyclic) bond motifs is 1. The van der Waals surface area contributed by atoms with E-state index in [1.807, 2.05) is 0 Å². The molecule has 3 aliphatic heterocycles. The molecule has 11 nitrogen and oxygen atoms in total. The third-order valence-corrected chi connectivity index (χ3v) is 4.79. The standard InChI is InChI=1S/C17H22N2O9/c1-16(2)23-8-10(26-16)13-12(14-15(25-13)28-17(3,4)27-14)18(20)7-9-5-6-11(24-9)19(21)22/h5-7,10,12-15H,8H2,1-4H3/b18-7-/t10-,12-,13-,14-,15-/m1/s1. The zero-order valence-electron chi connectivity index (χ0n) is 15.9. The van der Waals surface area contributed by atoms with Gasteiger partial charge in [0.2, 0.25) is 12.3 Å². The Hall–Kier alpha value is -2.05. The summed E-state index contributed by atoms with van der Waals surface area (Å²) in [5.41, 5.74) is 0. The Morgan fingerprint density at radius 3 is 2.43 bits per heavy atom. The lowest BCUT2D eigenvalue weighted by atomic mass is 10.0. The molecule has 0 amide bonds. The van der Waals surface area contributed by atoms with Crippen molar-refractivity contribution in [3.63, 3.8) is 0 Å². The van der Waals surface area contributed by atoms with Gasteiger partial charge in [0.15, 0.2) is 35.8 Å². The summed E-state index contributed by atoms with van der Waals surface area (Å²) >= 11 is 0. The van der Waals surface area contributed by atoms with Gasteiger partial charge in [-0.25, -0.2) is 0 Å². The molecule has 3 saturated heterocycles. The minimum Gasteiger partial charge on any atom is -0.623 e.